The maximum absolute atomic E-state index is 11.1. The Morgan fingerprint density at radius 2 is 2.00 bits per heavy atom. The summed E-state index contributed by atoms with van der Waals surface area (Å²) >= 11 is 0. The van der Waals surface area contributed by atoms with Gasteiger partial charge in [-0.25, -0.2) is 0 Å². The van der Waals surface area contributed by atoms with E-state index in [0.717, 1.165) is 19.3 Å². The van der Waals surface area contributed by atoms with Crippen LogP contribution in [-0.2, 0) is 4.79 Å². The molecule has 12 heavy (non-hydrogen) atoms. The number of amides is 1. The Morgan fingerprint density at radius 1 is 1.42 bits per heavy atom. The van der Waals surface area contributed by atoms with Crippen LogP contribution in [0.2, 0.25) is 0 Å². The van der Waals surface area contributed by atoms with Crippen LogP contribution in [0.1, 0.15) is 33.1 Å². The molecule has 0 aromatic rings. The lowest BCUT2D eigenvalue weighted by atomic mass is 9.70. The van der Waals surface area contributed by atoms with Crippen LogP contribution in [0.4, 0.5) is 0 Å². The Bertz CT molecular complexity index is 193. The van der Waals surface area contributed by atoms with Gasteiger partial charge in [0.25, 0.3) is 0 Å². The molecule has 1 aliphatic carbocycles. The average molecular weight is 170 g/mol. The molecule has 0 saturated heterocycles. The lowest BCUT2D eigenvalue weighted by Gasteiger charge is -2.39. The number of carbonyl (C=O) groups is 1. The van der Waals surface area contributed by atoms with E-state index in [4.69, 9.17) is 11.5 Å². The molecule has 3 heteroatoms. The summed E-state index contributed by atoms with van der Waals surface area (Å²) < 4.78 is 0. The first-order valence-corrected chi connectivity index (χ1v) is 4.55. The van der Waals surface area contributed by atoms with E-state index in [1.165, 1.54) is 0 Å². The number of primary amides is 1. The van der Waals surface area contributed by atoms with Gasteiger partial charge in [-0.05, 0) is 24.7 Å². The molecule has 0 radical (unpaired) electrons. The lowest BCUT2D eigenvalue weighted by Crippen LogP contribution is -2.59. The average Bonchev–Trinajstić information content (AvgIpc) is 1.97. The highest BCUT2D eigenvalue weighted by Crippen LogP contribution is 2.34. The van der Waals surface area contributed by atoms with Gasteiger partial charge in [-0.1, -0.05) is 20.3 Å². The van der Waals surface area contributed by atoms with Crippen molar-refractivity contribution < 1.29 is 4.79 Å². The van der Waals surface area contributed by atoms with Gasteiger partial charge in [0, 0.05) is 0 Å². The molecule has 3 unspecified atom stereocenters. The Balaban J connectivity index is 2.77. The normalized spacial score (nSPS) is 42.6. The number of hydrogen-bond acceptors (Lipinski definition) is 2. The molecule has 70 valence electrons. The molecule has 0 aromatic heterocycles. The van der Waals surface area contributed by atoms with E-state index in [1.54, 1.807) is 0 Å². The summed E-state index contributed by atoms with van der Waals surface area (Å²) in [5.74, 6) is 0.409. The van der Waals surface area contributed by atoms with E-state index in [0.29, 0.717) is 5.92 Å². The molecule has 0 spiro atoms. The van der Waals surface area contributed by atoms with Crippen molar-refractivity contribution in [1.29, 1.82) is 0 Å². The van der Waals surface area contributed by atoms with Crippen molar-refractivity contribution in [2.45, 2.75) is 38.6 Å². The van der Waals surface area contributed by atoms with Crippen LogP contribution in [0, 0.1) is 11.8 Å². The Hall–Kier alpha value is -0.570. The second-order valence-electron chi connectivity index (χ2n) is 4.19. The fourth-order valence-electron chi connectivity index (χ4n) is 2.02. The number of rotatable bonds is 1. The SMILES string of the molecule is CC1CCC(C)C(N)(C(N)=O)C1. The van der Waals surface area contributed by atoms with Gasteiger partial charge < -0.3 is 11.5 Å². The topological polar surface area (TPSA) is 69.1 Å². The summed E-state index contributed by atoms with van der Waals surface area (Å²) in [6.07, 6.45) is 2.91. The molecule has 1 fully saturated rings. The predicted molar refractivity (Wildman–Crippen MR) is 48.3 cm³/mol. The first-order valence-electron chi connectivity index (χ1n) is 4.55. The van der Waals surface area contributed by atoms with E-state index in [-0.39, 0.29) is 11.8 Å². The highest BCUT2D eigenvalue weighted by molar-refractivity contribution is 5.84. The molecule has 1 saturated carbocycles. The minimum atomic E-state index is -0.752. The third-order valence-electron chi connectivity index (χ3n) is 3.12. The quantitative estimate of drug-likeness (QED) is 0.606. The summed E-state index contributed by atoms with van der Waals surface area (Å²) in [4.78, 5) is 11.1. The van der Waals surface area contributed by atoms with E-state index in [1.807, 2.05) is 6.92 Å². The van der Waals surface area contributed by atoms with E-state index in [9.17, 15) is 4.79 Å². The first-order chi connectivity index (χ1) is 5.47. The second-order valence-corrected chi connectivity index (χ2v) is 4.19. The predicted octanol–water partition coefficient (Wildman–Crippen LogP) is 0.625. The zero-order valence-electron chi connectivity index (χ0n) is 7.84. The number of nitrogens with two attached hydrogens (primary N) is 2. The van der Waals surface area contributed by atoms with Crippen molar-refractivity contribution in [1.82, 2.24) is 0 Å². The minimum absolute atomic E-state index is 0.228. The van der Waals surface area contributed by atoms with Crippen molar-refractivity contribution in [3.05, 3.63) is 0 Å². The van der Waals surface area contributed by atoms with Gasteiger partial charge in [-0.2, -0.15) is 0 Å². The Kier molecular flexibility index (Phi) is 2.42. The molecule has 0 heterocycles. The largest absolute Gasteiger partial charge is 0.368 e. The van der Waals surface area contributed by atoms with Crippen molar-refractivity contribution >= 4 is 5.91 Å². The van der Waals surface area contributed by atoms with Crippen LogP contribution in [0.5, 0.6) is 0 Å². The zero-order valence-corrected chi connectivity index (χ0v) is 7.84. The number of hydrogen-bond donors (Lipinski definition) is 2. The monoisotopic (exact) mass is 170 g/mol. The summed E-state index contributed by atoms with van der Waals surface area (Å²) in [5.41, 5.74) is 10.5. The van der Waals surface area contributed by atoms with Gasteiger partial charge >= 0.3 is 0 Å². The van der Waals surface area contributed by atoms with Gasteiger partial charge in [0.05, 0.1) is 5.54 Å². The Labute approximate surface area is 73.5 Å². The molecule has 3 nitrogen and oxygen atoms in total. The maximum Gasteiger partial charge on any atom is 0.237 e. The third kappa shape index (κ3) is 1.46. The molecule has 1 rings (SSSR count). The highest BCUT2D eigenvalue weighted by atomic mass is 16.1. The van der Waals surface area contributed by atoms with Gasteiger partial charge in [0.15, 0.2) is 0 Å². The molecule has 0 aliphatic heterocycles. The van der Waals surface area contributed by atoms with E-state index in [2.05, 4.69) is 6.92 Å². The van der Waals surface area contributed by atoms with Crippen molar-refractivity contribution in [2.75, 3.05) is 0 Å². The summed E-state index contributed by atoms with van der Waals surface area (Å²) in [5, 5.41) is 0. The van der Waals surface area contributed by atoms with Crippen molar-refractivity contribution in [3.8, 4) is 0 Å². The zero-order chi connectivity index (χ0) is 9.35. The van der Waals surface area contributed by atoms with Crippen LogP contribution in [0.3, 0.4) is 0 Å². The fraction of sp³-hybridized carbons (Fsp3) is 0.889. The van der Waals surface area contributed by atoms with Crippen molar-refractivity contribution in [2.24, 2.45) is 23.3 Å². The molecule has 1 aliphatic rings. The summed E-state index contributed by atoms with van der Waals surface area (Å²) in [7, 11) is 0. The van der Waals surface area contributed by atoms with Crippen LogP contribution in [0.15, 0.2) is 0 Å². The fourth-order valence-corrected chi connectivity index (χ4v) is 2.02. The Morgan fingerprint density at radius 3 is 2.42 bits per heavy atom. The second kappa shape index (κ2) is 3.05. The first kappa shape index (κ1) is 9.52. The molecule has 3 atom stereocenters. The molecular formula is C9H18N2O. The molecule has 4 N–H and O–H groups in total. The molecule has 0 bridgehead atoms. The molecule has 0 aromatic carbocycles. The van der Waals surface area contributed by atoms with Crippen molar-refractivity contribution in [3.63, 3.8) is 0 Å². The lowest BCUT2D eigenvalue weighted by molar-refractivity contribution is -0.126. The van der Waals surface area contributed by atoms with Crippen LogP contribution < -0.4 is 11.5 Å². The van der Waals surface area contributed by atoms with Crippen LogP contribution in [0.25, 0.3) is 0 Å². The number of carbonyl (C=O) groups excluding carboxylic acids is 1. The van der Waals surface area contributed by atoms with Gasteiger partial charge in [-0.3, -0.25) is 4.79 Å². The van der Waals surface area contributed by atoms with Crippen LogP contribution >= 0.6 is 0 Å². The summed E-state index contributed by atoms with van der Waals surface area (Å²) in [6, 6.07) is 0. The molecule has 1 amide bonds. The van der Waals surface area contributed by atoms with Gasteiger partial charge in [0.2, 0.25) is 5.91 Å². The summed E-state index contributed by atoms with van der Waals surface area (Å²) in [6.45, 7) is 4.13. The van der Waals surface area contributed by atoms with E-state index >= 15 is 0 Å². The van der Waals surface area contributed by atoms with Gasteiger partial charge in [0.1, 0.15) is 0 Å². The standard InChI is InChI=1S/C9H18N2O/c1-6-3-4-7(2)9(11,5-6)8(10)12/h6-7H,3-5,11H2,1-2H3,(H2,10,12). The van der Waals surface area contributed by atoms with E-state index < -0.39 is 5.54 Å². The smallest absolute Gasteiger partial charge is 0.237 e. The minimum Gasteiger partial charge on any atom is -0.368 e. The molecular weight excluding hydrogens is 152 g/mol. The highest BCUT2D eigenvalue weighted by Gasteiger charge is 2.41. The third-order valence-corrected chi connectivity index (χ3v) is 3.12. The maximum atomic E-state index is 11.1. The van der Waals surface area contributed by atoms with Gasteiger partial charge in [-0.15, -0.1) is 0 Å². The van der Waals surface area contributed by atoms with Crippen LogP contribution in [-0.4, -0.2) is 11.4 Å².